The van der Waals surface area contributed by atoms with Gasteiger partial charge >= 0.3 is 0 Å². The summed E-state index contributed by atoms with van der Waals surface area (Å²) in [6.45, 7) is 5.70. The molecule has 1 unspecified atom stereocenters. The van der Waals surface area contributed by atoms with Crippen molar-refractivity contribution in [1.29, 1.82) is 0 Å². The fourth-order valence-corrected chi connectivity index (χ4v) is 1.51. The van der Waals surface area contributed by atoms with Crippen LogP contribution in [0.4, 0.5) is 0 Å². The SMILES string of the molecule is Cc1ncc(CCC(C)c2nnc(C)o2)o1. The van der Waals surface area contributed by atoms with E-state index in [-0.39, 0.29) is 5.92 Å². The first-order valence-electron chi connectivity index (χ1n) is 5.36. The molecule has 2 aromatic heterocycles. The molecule has 5 nitrogen and oxygen atoms in total. The molecule has 2 heterocycles. The number of aromatic nitrogens is 3. The normalized spacial score (nSPS) is 12.9. The van der Waals surface area contributed by atoms with Gasteiger partial charge in [-0.25, -0.2) is 4.98 Å². The summed E-state index contributed by atoms with van der Waals surface area (Å²) in [5.41, 5.74) is 0. The lowest BCUT2D eigenvalue weighted by molar-refractivity contribution is 0.413. The van der Waals surface area contributed by atoms with Crippen LogP contribution in [0.15, 0.2) is 15.0 Å². The summed E-state index contributed by atoms with van der Waals surface area (Å²) in [5, 5.41) is 7.81. The van der Waals surface area contributed by atoms with Gasteiger partial charge < -0.3 is 8.83 Å². The van der Waals surface area contributed by atoms with E-state index in [1.807, 2.05) is 6.92 Å². The molecule has 0 amide bonds. The summed E-state index contributed by atoms with van der Waals surface area (Å²) < 4.78 is 10.8. The van der Waals surface area contributed by atoms with Crippen LogP contribution in [0, 0.1) is 13.8 Å². The maximum absolute atomic E-state index is 5.40. The zero-order valence-corrected chi connectivity index (χ0v) is 9.73. The lowest BCUT2D eigenvalue weighted by atomic mass is 10.1. The molecule has 0 saturated carbocycles. The standard InChI is InChI=1S/C11H15N3O2/c1-7(11-14-13-9(3)16-11)4-5-10-6-12-8(2)15-10/h6-7H,4-5H2,1-3H3. The quantitative estimate of drug-likeness (QED) is 0.793. The minimum Gasteiger partial charge on any atom is -0.446 e. The average molecular weight is 221 g/mol. The topological polar surface area (TPSA) is 65.0 Å². The molecule has 0 N–H and O–H groups in total. The molecule has 2 rings (SSSR count). The van der Waals surface area contributed by atoms with E-state index < -0.39 is 0 Å². The van der Waals surface area contributed by atoms with E-state index in [0.29, 0.717) is 17.7 Å². The predicted octanol–water partition coefficient (Wildman–Crippen LogP) is 2.41. The van der Waals surface area contributed by atoms with E-state index in [4.69, 9.17) is 8.83 Å². The van der Waals surface area contributed by atoms with Gasteiger partial charge in [0.05, 0.1) is 6.20 Å². The van der Waals surface area contributed by atoms with Gasteiger partial charge in [0, 0.05) is 26.2 Å². The molecule has 0 aromatic carbocycles. The Balaban J connectivity index is 1.91. The Morgan fingerprint density at radius 1 is 1.19 bits per heavy atom. The minimum absolute atomic E-state index is 0.242. The zero-order valence-electron chi connectivity index (χ0n) is 9.73. The molecular formula is C11H15N3O2. The van der Waals surface area contributed by atoms with Crippen molar-refractivity contribution < 1.29 is 8.83 Å². The van der Waals surface area contributed by atoms with Crippen molar-refractivity contribution in [3.8, 4) is 0 Å². The zero-order chi connectivity index (χ0) is 11.5. The van der Waals surface area contributed by atoms with Crippen molar-refractivity contribution in [2.24, 2.45) is 0 Å². The number of hydrogen-bond acceptors (Lipinski definition) is 5. The molecule has 2 aromatic rings. The maximum Gasteiger partial charge on any atom is 0.219 e. The fraction of sp³-hybridized carbons (Fsp3) is 0.545. The third-order valence-electron chi connectivity index (χ3n) is 2.46. The molecule has 0 spiro atoms. The van der Waals surface area contributed by atoms with Crippen LogP contribution in [0.2, 0.25) is 0 Å². The molecule has 0 bridgehead atoms. The first kappa shape index (κ1) is 10.9. The molecule has 0 radical (unpaired) electrons. The Labute approximate surface area is 93.9 Å². The summed E-state index contributed by atoms with van der Waals surface area (Å²) in [6.07, 6.45) is 3.51. The Morgan fingerprint density at radius 3 is 2.56 bits per heavy atom. The third-order valence-corrected chi connectivity index (χ3v) is 2.46. The van der Waals surface area contributed by atoms with Gasteiger partial charge in [0.2, 0.25) is 11.8 Å². The molecule has 16 heavy (non-hydrogen) atoms. The average Bonchev–Trinajstić information content (AvgIpc) is 2.84. The van der Waals surface area contributed by atoms with Crippen molar-refractivity contribution in [2.45, 2.75) is 39.5 Å². The van der Waals surface area contributed by atoms with Crippen molar-refractivity contribution in [3.63, 3.8) is 0 Å². The van der Waals surface area contributed by atoms with Crippen LogP contribution in [-0.4, -0.2) is 15.2 Å². The largest absolute Gasteiger partial charge is 0.446 e. The van der Waals surface area contributed by atoms with Crippen molar-refractivity contribution in [3.05, 3.63) is 29.6 Å². The molecule has 0 saturated heterocycles. The van der Waals surface area contributed by atoms with Crippen molar-refractivity contribution in [1.82, 2.24) is 15.2 Å². The number of rotatable bonds is 4. The van der Waals surface area contributed by atoms with Crippen LogP contribution in [0.5, 0.6) is 0 Å². The van der Waals surface area contributed by atoms with E-state index in [1.165, 1.54) is 0 Å². The summed E-state index contributed by atoms with van der Waals surface area (Å²) in [6, 6.07) is 0. The van der Waals surface area contributed by atoms with Crippen LogP contribution in [0.3, 0.4) is 0 Å². The highest BCUT2D eigenvalue weighted by Gasteiger charge is 2.13. The minimum atomic E-state index is 0.242. The van der Waals surface area contributed by atoms with Crippen LogP contribution >= 0.6 is 0 Å². The summed E-state index contributed by atoms with van der Waals surface area (Å²) in [5.74, 6) is 3.15. The van der Waals surface area contributed by atoms with E-state index in [1.54, 1.807) is 13.1 Å². The highest BCUT2D eigenvalue weighted by atomic mass is 16.4. The molecule has 0 aliphatic rings. The predicted molar refractivity (Wildman–Crippen MR) is 57.0 cm³/mol. The highest BCUT2D eigenvalue weighted by molar-refractivity contribution is 4.96. The Bertz CT molecular complexity index is 461. The van der Waals surface area contributed by atoms with Crippen LogP contribution < -0.4 is 0 Å². The lowest BCUT2D eigenvalue weighted by Crippen LogP contribution is -1.96. The second-order valence-electron chi connectivity index (χ2n) is 3.94. The van der Waals surface area contributed by atoms with Crippen LogP contribution in [-0.2, 0) is 6.42 Å². The molecule has 0 fully saturated rings. The monoisotopic (exact) mass is 221 g/mol. The van der Waals surface area contributed by atoms with E-state index in [0.717, 1.165) is 18.6 Å². The van der Waals surface area contributed by atoms with Gasteiger partial charge in [-0.3, -0.25) is 0 Å². The Morgan fingerprint density at radius 2 is 2.00 bits per heavy atom. The lowest BCUT2D eigenvalue weighted by Gasteiger charge is -2.03. The second kappa shape index (κ2) is 4.47. The van der Waals surface area contributed by atoms with E-state index >= 15 is 0 Å². The molecule has 1 atom stereocenters. The summed E-state index contributed by atoms with van der Waals surface area (Å²) in [4.78, 5) is 4.05. The van der Waals surface area contributed by atoms with E-state index in [2.05, 4.69) is 22.1 Å². The van der Waals surface area contributed by atoms with Gasteiger partial charge in [0.15, 0.2) is 5.89 Å². The summed E-state index contributed by atoms with van der Waals surface area (Å²) >= 11 is 0. The highest BCUT2D eigenvalue weighted by Crippen LogP contribution is 2.20. The van der Waals surface area contributed by atoms with Gasteiger partial charge in [-0.1, -0.05) is 6.92 Å². The molecular weight excluding hydrogens is 206 g/mol. The maximum atomic E-state index is 5.40. The molecule has 5 heteroatoms. The Kier molecular flexibility index (Phi) is 3.03. The van der Waals surface area contributed by atoms with Crippen LogP contribution in [0.1, 0.15) is 42.7 Å². The molecule has 86 valence electrons. The number of aryl methyl sites for hydroxylation is 3. The molecule has 0 aliphatic heterocycles. The molecule has 0 aliphatic carbocycles. The Hall–Kier alpha value is -1.65. The van der Waals surface area contributed by atoms with Crippen LogP contribution in [0.25, 0.3) is 0 Å². The first-order chi connectivity index (χ1) is 7.65. The third kappa shape index (κ3) is 2.48. The fourth-order valence-electron chi connectivity index (χ4n) is 1.51. The van der Waals surface area contributed by atoms with Gasteiger partial charge in [0.25, 0.3) is 0 Å². The van der Waals surface area contributed by atoms with Gasteiger partial charge in [0.1, 0.15) is 5.76 Å². The second-order valence-corrected chi connectivity index (χ2v) is 3.94. The van der Waals surface area contributed by atoms with Gasteiger partial charge in [-0.05, 0) is 6.42 Å². The van der Waals surface area contributed by atoms with Gasteiger partial charge in [-0.2, -0.15) is 0 Å². The number of hydrogen-bond donors (Lipinski definition) is 0. The van der Waals surface area contributed by atoms with Crippen molar-refractivity contribution >= 4 is 0 Å². The van der Waals surface area contributed by atoms with Gasteiger partial charge in [-0.15, -0.1) is 10.2 Å². The number of nitrogens with zero attached hydrogens (tertiary/aromatic N) is 3. The first-order valence-corrected chi connectivity index (χ1v) is 5.36. The van der Waals surface area contributed by atoms with E-state index in [9.17, 15) is 0 Å². The smallest absolute Gasteiger partial charge is 0.219 e. The van der Waals surface area contributed by atoms with Crippen molar-refractivity contribution in [2.75, 3.05) is 0 Å². The summed E-state index contributed by atoms with van der Waals surface area (Å²) in [7, 11) is 0. The number of oxazole rings is 1.